The summed E-state index contributed by atoms with van der Waals surface area (Å²) in [7, 11) is 0. The van der Waals surface area contributed by atoms with Crippen LogP contribution in [0.4, 0.5) is 0 Å². The van der Waals surface area contributed by atoms with Gasteiger partial charge in [0.25, 0.3) is 11.8 Å². The number of hydrogen-bond acceptors (Lipinski definition) is 6. The Morgan fingerprint density at radius 1 is 1.17 bits per heavy atom. The third kappa shape index (κ3) is 3.58. The van der Waals surface area contributed by atoms with Crippen LogP contribution < -0.4 is 11.1 Å². The number of benzene rings is 1. The number of nitrogens with zero attached hydrogens (tertiary/aromatic N) is 2. The minimum Gasteiger partial charge on any atom is -0.328 e. The van der Waals surface area contributed by atoms with Crippen LogP contribution in [0.2, 0.25) is 0 Å². The summed E-state index contributed by atoms with van der Waals surface area (Å²) in [6.07, 6.45) is 2.43. The smallest absolute Gasteiger partial charge is 0.262 e. The second-order valence-electron chi connectivity index (χ2n) is 8.28. The maximum Gasteiger partial charge on any atom is 0.262 e. The molecule has 3 unspecified atom stereocenters. The number of nitrogens with two attached hydrogens (primary N) is 1. The minimum atomic E-state index is -0.939. The molecule has 1 aromatic carbocycles. The van der Waals surface area contributed by atoms with Crippen molar-refractivity contribution in [2.75, 3.05) is 13.1 Å². The summed E-state index contributed by atoms with van der Waals surface area (Å²) in [6.45, 7) is 4.37. The van der Waals surface area contributed by atoms with Gasteiger partial charge in [-0.3, -0.25) is 34.3 Å². The molecule has 3 atom stereocenters. The number of hydrogen-bond donors (Lipinski definition) is 2. The molecule has 154 valence electrons. The number of amides is 4. The van der Waals surface area contributed by atoms with E-state index in [2.05, 4.69) is 10.2 Å². The second-order valence-corrected chi connectivity index (χ2v) is 8.28. The van der Waals surface area contributed by atoms with Crippen molar-refractivity contribution in [3.05, 3.63) is 34.9 Å². The Balaban J connectivity index is 1.58. The average molecular weight is 398 g/mol. The van der Waals surface area contributed by atoms with Crippen LogP contribution >= 0.6 is 0 Å². The number of carbonyl (C=O) groups is 4. The lowest BCUT2D eigenvalue weighted by Gasteiger charge is -2.34. The first-order valence-corrected chi connectivity index (χ1v) is 10.2. The number of likely N-dealkylation sites (tertiary alicyclic amines) is 1. The molecule has 0 aromatic heterocycles. The molecule has 8 nitrogen and oxygen atoms in total. The first kappa shape index (κ1) is 19.7. The molecule has 2 fully saturated rings. The van der Waals surface area contributed by atoms with Crippen LogP contribution in [0.3, 0.4) is 0 Å². The van der Waals surface area contributed by atoms with Gasteiger partial charge < -0.3 is 5.73 Å². The summed E-state index contributed by atoms with van der Waals surface area (Å²) >= 11 is 0. The van der Waals surface area contributed by atoms with E-state index in [-0.39, 0.29) is 24.8 Å². The highest BCUT2D eigenvalue weighted by atomic mass is 16.2. The predicted octanol–water partition coefficient (Wildman–Crippen LogP) is 0.647. The molecule has 2 saturated heterocycles. The molecule has 4 rings (SSSR count). The molecule has 1 aromatic rings. The molecule has 0 saturated carbocycles. The van der Waals surface area contributed by atoms with Gasteiger partial charge in [-0.2, -0.15) is 0 Å². The lowest BCUT2D eigenvalue weighted by molar-refractivity contribution is -0.136. The summed E-state index contributed by atoms with van der Waals surface area (Å²) < 4.78 is 0. The molecule has 8 heteroatoms. The highest BCUT2D eigenvalue weighted by molar-refractivity contribution is 6.24. The first-order chi connectivity index (χ1) is 13.9. The van der Waals surface area contributed by atoms with Gasteiger partial charge in [0, 0.05) is 25.6 Å². The summed E-state index contributed by atoms with van der Waals surface area (Å²) in [6, 6.07) is 4.45. The van der Waals surface area contributed by atoms with Crippen LogP contribution in [0.15, 0.2) is 18.2 Å². The summed E-state index contributed by atoms with van der Waals surface area (Å²) in [5.74, 6) is -1.47. The monoisotopic (exact) mass is 398 g/mol. The van der Waals surface area contributed by atoms with E-state index in [1.807, 2.05) is 13.0 Å². The van der Waals surface area contributed by atoms with Gasteiger partial charge in [-0.15, -0.1) is 0 Å². The number of piperidine rings is 2. The van der Waals surface area contributed by atoms with Gasteiger partial charge in [0.15, 0.2) is 0 Å². The molecular weight excluding hydrogens is 372 g/mol. The van der Waals surface area contributed by atoms with Crippen LogP contribution in [0.25, 0.3) is 0 Å². The van der Waals surface area contributed by atoms with E-state index in [0.29, 0.717) is 23.6 Å². The summed E-state index contributed by atoms with van der Waals surface area (Å²) in [4.78, 5) is 53.1. The molecule has 0 spiro atoms. The van der Waals surface area contributed by atoms with Crippen LogP contribution in [0.1, 0.15) is 58.9 Å². The number of carbonyl (C=O) groups excluding carboxylic acids is 4. The average Bonchev–Trinajstić information content (AvgIpc) is 2.94. The van der Waals surface area contributed by atoms with Gasteiger partial charge in [0.2, 0.25) is 11.8 Å². The predicted molar refractivity (Wildman–Crippen MR) is 105 cm³/mol. The molecule has 0 aliphatic carbocycles. The van der Waals surface area contributed by atoms with Gasteiger partial charge in [-0.1, -0.05) is 12.1 Å². The van der Waals surface area contributed by atoms with Gasteiger partial charge in [0.1, 0.15) is 6.04 Å². The highest BCUT2D eigenvalue weighted by Crippen LogP contribution is 2.31. The Morgan fingerprint density at radius 2 is 1.97 bits per heavy atom. The first-order valence-electron chi connectivity index (χ1n) is 10.2. The van der Waals surface area contributed by atoms with Crippen molar-refractivity contribution in [3.63, 3.8) is 0 Å². The topological polar surface area (TPSA) is 113 Å². The number of fused-ring (bicyclic) bond motifs is 1. The van der Waals surface area contributed by atoms with Gasteiger partial charge >= 0.3 is 0 Å². The minimum absolute atomic E-state index is 0.114. The maximum atomic E-state index is 13.2. The zero-order chi connectivity index (χ0) is 20.7. The summed E-state index contributed by atoms with van der Waals surface area (Å²) in [5, 5.41) is 2.23. The molecule has 3 aliphatic heterocycles. The van der Waals surface area contributed by atoms with E-state index < -0.39 is 23.8 Å². The lowest BCUT2D eigenvalue weighted by Crippen LogP contribution is -2.54. The van der Waals surface area contributed by atoms with E-state index in [0.717, 1.165) is 36.4 Å². The van der Waals surface area contributed by atoms with E-state index in [9.17, 15) is 19.2 Å². The second kappa shape index (κ2) is 7.68. The van der Waals surface area contributed by atoms with Crippen molar-refractivity contribution < 1.29 is 19.2 Å². The molecule has 0 bridgehead atoms. The van der Waals surface area contributed by atoms with Crippen molar-refractivity contribution >= 4 is 23.6 Å². The fraction of sp³-hybridized carbons (Fsp3) is 0.524. The maximum absolute atomic E-state index is 13.2. The molecule has 3 heterocycles. The number of nitrogens with one attached hydrogen (secondary N) is 1. The Morgan fingerprint density at radius 3 is 2.69 bits per heavy atom. The largest absolute Gasteiger partial charge is 0.328 e. The standard InChI is InChI=1S/C21H26N4O4/c1-12(22)13-5-3-9-24(10-13)11-14-4-2-6-15-18(14)21(29)25(20(15)28)16-7-8-17(26)23-19(16)27/h2,4,6,12-13,16H,3,5,7-11,22H2,1H3,(H,23,26,27). The van der Waals surface area contributed by atoms with Crippen molar-refractivity contribution in [2.24, 2.45) is 11.7 Å². The van der Waals surface area contributed by atoms with E-state index in [1.54, 1.807) is 12.1 Å². The molecular formula is C21H26N4O4. The van der Waals surface area contributed by atoms with Crippen LogP contribution in [0, 0.1) is 5.92 Å². The number of rotatable bonds is 4. The molecule has 3 aliphatic rings. The highest BCUT2D eigenvalue weighted by Gasteiger charge is 2.45. The number of imide groups is 2. The normalized spacial score (nSPS) is 26.5. The Kier molecular flexibility index (Phi) is 5.23. The Labute approximate surface area is 169 Å². The van der Waals surface area contributed by atoms with Crippen molar-refractivity contribution in [2.45, 2.75) is 51.2 Å². The van der Waals surface area contributed by atoms with Gasteiger partial charge in [0.05, 0.1) is 11.1 Å². The van der Waals surface area contributed by atoms with E-state index in [4.69, 9.17) is 5.73 Å². The van der Waals surface area contributed by atoms with E-state index in [1.165, 1.54) is 0 Å². The van der Waals surface area contributed by atoms with Crippen molar-refractivity contribution in [3.8, 4) is 0 Å². The van der Waals surface area contributed by atoms with Crippen LogP contribution in [-0.4, -0.2) is 58.6 Å². The summed E-state index contributed by atoms with van der Waals surface area (Å²) in [5.41, 5.74) is 7.59. The van der Waals surface area contributed by atoms with Gasteiger partial charge in [-0.05, 0) is 50.3 Å². The van der Waals surface area contributed by atoms with Crippen molar-refractivity contribution in [1.29, 1.82) is 0 Å². The van der Waals surface area contributed by atoms with E-state index >= 15 is 0 Å². The Hall–Kier alpha value is -2.58. The SMILES string of the molecule is CC(N)C1CCCN(Cc2cccc3c2C(=O)N(C2CCC(=O)NC2=O)C3=O)C1. The molecule has 0 radical (unpaired) electrons. The third-order valence-electron chi connectivity index (χ3n) is 6.23. The molecule has 4 amide bonds. The fourth-order valence-electron chi connectivity index (χ4n) is 4.62. The van der Waals surface area contributed by atoms with Crippen LogP contribution in [0.5, 0.6) is 0 Å². The van der Waals surface area contributed by atoms with Gasteiger partial charge in [-0.25, -0.2) is 0 Å². The lowest BCUT2D eigenvalue weighted by atomic mass is 9.91. The quantitative estimate of drug-likeness (QED) is 0.720. The third-order valence-corrected chi connectivity index (χ3v) is 6.23. The fourth-order valence-corrected chi connectivity index (χ4v) is 4.62. The zero-order valence-corrected chi connectivity index (χ0v) is 16.5. The zero-order valence-electron chi connectivity index (χ0n) is 16.5. The molecule has 3 N–H and O–H groups in total. The van der Waals surface area contributed by atoms with Crippen molar-refractivity contribution in [1.82, 2.24) is 15.1 Å². The van der Waals surface area contributed by atoms with Crippen LogP contribution in [-0.2, 0) is 16.1 Å². The molecule has 29 heavy (non-hydrogen) atoms. The Bertz CT molecular complexity index is 881.